The molecule has 0 aliphatic carbocycles. The molecule has 0 aliphatic rings. The average molecular weight is 258 g/mol. The molecule has 1 amide bonds. The second-order valence-corrected chi connectivity index (χ2v) is 2.87. The van der Waals surface area contributed by atoms with Crippen molar-refractivity contribution < 1.29 is 31.1 Å². The monoisotopic (exact) mass is 258 g/mol. The molecule has 1 aromatic rings. The van der Waals surface area contributed by atoms with Crippen molar-refractivity contribution in [1.82, 2.24) is 4.98 Å². The molecule has 0 fully saturated rings. The first-order valence-electron chi connectivity index (χ1n) is 4.03. The summed E-state index contributed by atoms with van der Waals surface area (Å²) >= 11 is 0. The Morgan fingerprint density at radius 1 is 1.24 bits per heavy atom. The highest BCUT2D eigenvalue weighted by Gasteiger charge is 2.61. The molecule has 0 spiro atoms. The zero-order valence-electron chi connectivity index (χ0n) is 7.86. The molecule has 0 aromatic carbocycles. The third-order valence-corrected chi connectivity index (χ3v) is 1.69. The summed E-state index contributed by atoms with van der Waals surface area (Å²) in [6, 6.07) is 1.65. The molecular weight excluding hydrogens is 254 g/mol. The number of pyridine rings is 1. The number of aromatic nitrogens is 1. The second kappa shape index (κ2) is 4.22. The molecule has 0 aliphatic heterocycles. The van der Waals surface area contributed by atoms with Gasteiger partial charge in [-0.1, -0.05) is 0 Å². The van der Waals surface area contributed by atoms with E-state index in [-0.39, 0.29) is 0 Å². The van der Waals surface area contributed by atoms with Crippen molar-refractivity contribution in [2.45, 2.75) is 12.1 Å². The fourth-order valence-electron chi connectivity index (χ4n) is 0.997. The molecule has 0 radical (unpaired) electrons. The molecule has 3 nitrogen and oxygen atoms in total. The van der Waals surface area contributed by atoms with Gasteiger partial charge in [-0.25, -0.2) is 4.79 Å². The van der Waals surface area contributed by atoms with Crippen molar-refractivity contribution in [3.63, 3.8) is 0 Å². The third kappa shape index (κ3) is 2.66. The van der Waals surface area contributed by atoms with Crippen LogP contribution in [-0.4, -0.2) is 17.3 Å². The number of carbonyl (C=O) groups is 1. The summed E-state index contributed by atoms with van der Waals surface area (Å²) in [5.41, 5.74) is -2.80. The Hall–Kier alpha value is -1.80. The van der Waals surface area contributed by atoms with E-state index in [4.69, 9.17) is 0 Å². The maximum atomic E-state index is 12.9. The number of carbonyl (C=O) groups excluding carboxylic acids is 1. The quantitative estimate of drug-likeness (QED) is 0.502. The van der Waals surface area contributed by atoms with Crippen LogP contribution < -0.4 is 5.32 Å². The van der Waals surface area contributed by atoms with E-state index in [1.54, 1.807) is 0 Å². The molecule has 0 atom stereocenters. The van der Waals surface area contributed by atoms with Crippen molar-refractivity contribution in [2.24, 2.45) is 0 Å². The highest BCUT2D eigenvalue weighted by atomic mass is 19.4. The lowest BCUT2D eigenvalue weighted by atomic mass is 10.1. The van der Waals surface area contributed by atoms with Crippen LogP contribution in [0.25, 0.3) is 0 Å². The summed E-state index contributed by atoms with van der Waals surface area (Å²) in [6.07, 6.45) is -7.49. The Balaban J connectivity index is 3.26. The Labute approximate surface area is 90.5 Å². The predicted octanol–water partition coefficient (Wildman–Crippen LogP) is 3.24. The lowest BCUT2D eigenvalue weighted by molar-refractivity contribution is -0.290. The maximum Gasteiger partial charge on any atom is 0.459 e. The van der Waals surface area contributed by atoms with E-state index in [1.165, 1.54) is 5.32 Å². The minimum atomic E-state index is -5.89. The van der Waals surface area contributed by atoms with Crippen LogP contribution in [0.2, 0.25) is 0 Å². The molecule has 0 bridgehead atoms. The number of anilines is 1. The van der Waals surface area contributed by atoms with Gasteiger partial charge in [0.1, 0.15) is 5.69 Å². The van der Waals surface area contributed by atoms with Crippen molar-refractivity contribution in [2.75, 3.05) is 5.32 Å². The topological polar surface area (TPSA) is 42.0 Å². The molecule has 17 heavy (non-hydrogen) atoms. The highest BCUT2D eigenvalue weighted by molar-refractivity contribution is 5.84. The lowest BCUT2D eigenvalue weighted by Crippen LogP contribution is -2.35. The van der Waals surface area contributed by atoms with Gasteiger partial charge in [0.2, 0.25) is 0 Å². The van der Waals surface area contributed by atoms with Gasteiger partial charge in [0.15, 0.2) is 0 Å². The van der Waals surface area contributed by atoms with E-state index in [2.05, 4.69) is 4.98 Å². The normalized spacial score (nSPS) is 12.4. The van der Waals surface area contributed by atoms with Gasteiger partial charge in [0.05, 0.1) is 5.69 Å². The van der Waals surface area contributed by atoms with E-state index < -0.39 is 29.6 Å². The van der Waals surface area contributed by atoms with Crippen LogP contribution in [0, 0.1) is 0 Å². The van der Waals surface area contributed by atoms with Crippen LogP contribution in [-0.2, 0) is 5.92 Å². The van der Waals surface area contributed by atoms with E-state index >= 15 is 0 Å². The largest absolute Gasteiger partial charge is 0.459 e. The molecule has 0 saturated heterocycles. The van der Waals surface area contributed by atoms with E-state index in [1.807, 2.05) is 0 Å². The molecular formula is C8H4F6N2O. The van der Waals surface area contributed by atoms with Gasteiger partial charge < -0.3 is 0 Å². The van der Waals surface area contributed by atoms with Crippen LogP contribution in [0.3, 0.4) is 0 Å². The molecule has 1 aromatic heterocycles. The Morgan fingerprint density at radius 3 is 2.29 bits per heavy atom. The number of hydrogen-bond acceptors (Lipinski definition) is 2. The standard InChI is InChI=1S/C8H4F6N2O/c9-6(17)16-4-2-1-3-15-5(4)7(10,11)8(12,13)14/h1-3H,(H,16,17). The van der Waals surface area contributed by atoms with Gasteiger partial charge in [-0.3, -0.25) is 10.3 Å². The first-order valence-corrected chi connectivity index (χ1v) is 4.03. The van der Waals surface area contributed by atoms with Crippen LogP contribution in [0.1, 0.15) is 5.69 Å². The zero-order chi connectivity index (χ0) is 13.3. The molecule has 0 saturated carbocycles. The lowest BCUT2D eigenvalue weighted by Gasteiger charge is -2.20. The number of rotatable bonds is 2. The van der Waals surface area contributed by atoms with Gasteiger partial charge in [0, 0.05) is 6.20 Å². The summed E-state index contributed by atoms with van der Waals surface area (Å²) in [4.78, 5) is 12.8. The van der Waals surface area contributed by atoms with Crippen molar-refractivity contribution in [3.8, 4) is 0 Å². The van der Waals surface area contributed by atoms with Crippen molar-refractivity contribution in [1.29, 1.82) is 0 Å². The van der Waals surface area contributed by atoms with E-state index in [0.717, 1.165) is 6.07 Å². The smallest absolute Gasteiger partial charge is 0.296 e. The summed E-state index contributed by atoms with van der Waals surface area (Å²) in [6.45, 7) is 0. The number of hydrogen-bond donors (Lipinski definition) is 1. The minimum absolute atomic E-state index is 0.670. The average Bonchev–Trinajstić information content (AvgIpc) is 2.15. The van der Waals surface area contributed by atoms with Gasteiger partial charge in [-0.2, -0.15) is 22.0 Å². The van der Waals surface area contributed by atoms with Crippen LogP contribution in [0.15, 0.2) is 18.3 Å². The summed E-state index contributed by atoms with van der Waals surface area (Å²) < 4.78 is 73.9. The number of alkyl halides is 5. The highest BCUT2D eigenvalue weighted by Crippen LogP contribution is 2.45. The van der Waals surface area contributed by atoms with E-state index in [0.29, 0.717) is 12.3 Å². The van der Waals surface area contributed by atoms with E-state index in [9.17, 15) is 31.1 Å². The first-order chi connectivity index (χ1) is 7.66. The molecule has 9 heteroatoms. The van der Waals surface area contributed by atoms with Gasteiger partial charge in [0.25, 0.3) is 0 Å². The molecule has 94 valence electrons. The molecule has 1 heterocycles. The van der Waals surface area contributed by atoms with Crippen LogP contribution in [0.5, 0.6) is 0 Å². The van der Waals surface area contributed by atoms with Crippen molar-refractivity contribution in [3.05, 3.63) is 24.0 Å². The van der Waals surface area contributed by atoms with Gasteiger partial charge >= 0.3 is 18.3 Å². The minimum Gasteiger partial charge on any atom is -0.296 e. The summed E-state index contributed by atoms with van der Waals surface area (Å²) in [5.74, 6) is -5.29. The van der Waals surface area contributed by atoms with Crippen LogP contribution in [0.4, 0.5) is 36.8 Å². The molecule has 1 N–H and O–H groups in total. The van der Waals surface area contributed by atoms with Crippen LogP contribution >= 0.6 is 0 Å². The number of amides is 1. The summed E-state index contributed by atoms with van der Waals surface area (Å²) in [5, 5.41) is 1.20. The number of nitrogens with zero attached hydrogens (tertiary/aromatic N) is 1. The Morgan fingerprint density at radius 2 is 1.82 bits per heavy atom. The Bertz CT molecular complexity index is 430. The predicted molar refractivity (Wildman–Crippen MR) is 44.3 cm³/mol. The van der Waals surface area contributed by atoms with Gasteiger partial charge in [-0.15, -0.1) is 4.39 Å². The zero-order valence-corrected chi connectivity index (χ0v) is 7.86. The third-order valence-electron chi connectivity index (χ3n) is 1.69. The fraction of sp³-hybridized carbons (Fsp3) is 0.250. The Kier molecular flexibility index (Phi) is 3.30. The number of nitrogens with one attached hydrogen (secondary N) is 1. The van der Waals surface area contributed by atoms with Crippen molar-refractivity contribution >= 4 is 11.8 Å². The summed E-state index contributed by atoms with van der Waals surface area (Å²) in [7, 11) is 0. The number of halogens is 6. The first kappa shape index (κ1) is 13.3. The molecule has 1 rings (SSSR count). The maximum absolute atomic E-state index is 12.9. The SMILES string of the molecule is O=C(F)Nc1cccnc1C(F)(F)C(F)(F)F. The van der Waals surface area contributed by atoms with Gasteiger partial charge in [-0.05, 0) is 12.1 Å². The fourth-order valence-corrected chi connectivity index (χ4v) is 0.997. The molecule has 0 unspecified atom stereocenters. The second-order valence-electron chi connectivity index (χ2n) is 2.87.